The third-order valence-corrected chi connectivity index (χ3v) is 2.63. The average molecular weight is 239 g/mol. The molecule has 1 rings (SSSR count). The molecule has 6 nitrogen and oxygen atoms in total. The van der Waals surface area contributed by atoms with Gasteiger partial charge in [-0.3, -0.25) is 14.9 Å². The Balaban J connectivity index is 2.44. The third kappa shape index (κ3) is 4.34. The maximum atomic E-state index is 11.7. The summed E-state index contributed by atoms with van der Waals surface area (Å²) in [7, 11) is 0. The summed E-state index contributed by atoms with van der Waals surface area (Å²) in [6.45, 7) is 2.41. The van der Waals surface area contributed by atoms with Crippen molar-refractivity contribution in [3.63, 3.8) is 0 Å². The van der Waals surface area contributed by atoms with E-state index in [9.17, 15) is 14.9 Å². The van der Waals surface area contributed by atoms with Crippen LogP contribution in [-0.4, -0.2) is 26.3 Å². The van der Waals surface area contributed by atoms with E-state index in [2.05, 4.69) is 4.98 Å². The van der Waals surface area contributed by atoms with Gasteiger partial charge in [-0.15, -0.1) is 0 Å². The number of unbranched alkanes of at least 4 members (excludes halogenated alkanes) is 1. The summed E-state index contributed by atoms with van der Waals surface area (Å²) in [6.07, 6.45) is 7.05. The van der Waals surface area contributed by atoms with Crippen molar-refractivity contribution in [2.24, 2.45) is 0 Å². The lowest BCUT2D eigenvalue weighted by atomic mass is 10.0. The highest BCUT2D eigenvalue weighted by atomic mass is 16.6. The summed E-state index contributed by atoms with van der Waals surface area (Å²) in [5.41, 5.74) is 0. The zero-order valence-electron chi connectivity index (χ0n) is 9.91. The van der Waals surface area contributed by atoms with Crippen LogP contribution in [0.25, 0.3) is 0 Å². The van der Waals surface area contributed by atoms with E-state index in [0.29, 0.717) is 19.4 Å². The maximum absolute atomic E-state index is 11.7. The van der Waals surface area contributed by atoms with Gasteiger partial charge < -0.3 is 4.57 Å². The van der Waals surface area contributed by atoms with Crippen molar-refractivity contribution < 1.29 is 9.72 Å². The fourth-order valence-electron chi connectivity index (χ4n) is 1.61. The average Bonchev–Trinajstić information content (AvgIpc) is 2.79. The summed E-state index contributed by atoms with van der Waals surface area (Å²) in [5.74, 6) is -0.294. The number of carbonyl (C=O) groups is 1. The third-order valence-electron chi connectivity index (χ3n) is 2.63. The first-order valence-electron chi connectivity index (χ1n) is 5.77. The lowest BCUT2D eigenvalue weighted by Gasteiger charge is -2.08. The molecule has 94 valence electrons. The lowest BCUT2D eigenvalue weighted by Crippen LogP contribution is -2.30. The van der Waals surface area contributed by atoms with Gasteiger partial charge in [-0.05, 0) is 6.42 Å². The van der Waals surface area contributed by atoms with Crippen LogP contribution in [0.1, 0.15) is 32.6 Å². The van der Waals surface area contributed by atoms with E-state index in [-0.39, 0.29) is 12.2 Å². The van der Waals surface area contributed by atoms with Crippen molar-refractivity contribution in [1.29, 1.82) is 0 Å². The predicted molar refractivity (Wildman–Crippen MR) is 62.2 cm³/mol. The predicted octanol–water partition coefficient (Wildman–Crippen LogP) is 1.68. The molecule has 0 radical (unpaired) electrons. The van der Waals surface area contributed by atoms with Crippen LogP contribution < -0.4 is 0 Å². The molecular weight excluding hydrogens is 222 g/mol. The van der Waals surface area contributed by atoms with Gasteiger partial charge in [0.15, 0.2) is 0 Å². The van der Waals surface area contributed by atoms with E-state index in [0.717, 1.165) is 6.42 Å². The molecule has 1 heterocycles. The molecule has 0 saturated heterocycles. The Morgan fingerprint density at radius 1 is 1.59 bits per heavy atom. The minimum atomic E-state index is -1.04. The molecule has 1 aromatic rings. The number of nitro groups is 1. The number of carbonyl (C=O) groups excluding carboxylic acids is 1. The molecule has 0 aliphatic heterocycles. The van der Waals surface area contributed by atoms with Crippen LogP contribution in [0.5, 0.6) is 0 Å². The summed E-state index contributed by atoms with van der Waals surface area (Å²) >= 11 is 0. The Kier molecular flexibility index (Phi) is 5.32. The lowest BCUT2D eigenvalue weighted by molar-refractivity contribution is -0.508. The summed E-state index contributed by atoms with van der Waals surface area (Å²) in [6, 6.07) is -1.04. The molecule has 0 aromatic carbocycles. The van der Waals surface area contributed by atoms with Gasteiger partial charge in [-0.1, -0.05) is 13.3 Å². The minimum Gasteiger partial charge on any atom is -0.337 e. The van der Waals surface area contributed by atoms with Crippen LogP contribution >= 0.6 is 0 Å². The number of Topliss-reactive ketones (excluding diaryl/α,β-unsaturated/α-hetero) is 1. The molecule has 17 heavy (non-hydrogen) atoms. The molecule has 0 aliphatic rings. The van der Waals surface area contributed by atoms with E-state index in [1.807, 2.05) is 6.92 Å². The van der Waals surface area contributed by atoms with Gasteiger partial charge in [0.1, 0.15) is 0 Å². The molecule has 0 aliphatic carbocycles. The van der Waals surface area contributed by atoms with Crippen molar-refractivity contribution in [3.8, 4) is 0 Å². The smallest absolute Gasteiger partial charge is 0.270 e. The van der Waals surface area contributed by atoms with Crippen LogP contribution in [0.3, 0.4) is 0 Å². The van der Waals surface area contributed by atoms with Crippen molar-refractivity contribution in [3.05, 3.63) is 28.8 Å². The van der Waals surface area contributed by atoms with Gasteiger partial charge in [-0.25, -0.2) is 4.98 Å². The Hall–Kier alpha value is -1.72. The number of rotatable bonds is 8. The number of hydrogen-bond donors (Lipinski definition) is 0. The fourth-order valence-corrected chi connectivity index (χ4v) is 1.61. The van der Waals surface area contributed by atoms with Gasteiger partial charge in [0.25, 0.3) is 6.04 Å². The normalized spacial score (nSPS) is 12.3. The van der Waals surface area contributed by atoms with E-state index >= 15 is 0 Å². The highest BCUT2D eigenvalue weighted by molar-refractivity contribution is 5.82. The molecule has 1 atom stereocenters. The highest BCUT2D eigenvalue weighted by Crippen LogP contribution is 2.08. The van der Waals surface area contributed by atoms with Gasteiger partial charge >= 0.3 is 0 Å². The molecule has 0 spiro atoms. The van der Waals surface area contributed by atoms with E-state index in [1.165, 1.54) is 0 Å². The Morgan fingerprint density at radius 2 is 2.35 bits per heavy atom. The SMILES string of the molecule is CCCCC(C(=O)CCn1ccnc1)[N+](=O)[O-]. The molecule has 0 bridgehead atoms. The van der Waals surface area contributed by atoms with Crippen LogP contribution in [0.2, 0.25) is 0 Å². The molecule has 1 unspecified atom stereocenters. The zero-order valence-corrected chi connectivity index (χ0v) is 9.91. The topological polar surface area (TPSA) is 78.0 Å². The second-order valence-corrected chi connectivity index (χ2v) is 3.96. The molecule has 0 N–H and O–H groups in total. The molecule has 0 saturated carbocycles. The standard InChI is InChI=1S/C11H17N3O3/c1-2-3-4-10(14(16)17)11(15)5-7-13-8-6-12-9-13/h6,8-10H,2-5,7H2,1H3. The van der Waals surface area contributed by atoms with Crippen LogP contribution in [0.15, 0.2) is 18.7 Å². The summed E-state index contributed by atoms with van der Waals surface area (Å²) < 4.78 is 1.74. The van der Waals surface area contributed by atoms with Crippen LogP contribution in [0, 0.1) is 10.1 Å². The van der Waals surface area contributed by atoms with Gasteiger partial charge in [0.05, 0.1) is 6.33 Å². The monoisotopic (exact) mass is 239 g/mol. The quantitative estimate of drug-likeness (QED) is 0.510. The highest BCUT2D eigenvalue weighted by Gasteiger charge is 2.27. The van der Waals surface area contributed by atoms with E-state index in [4.69, 9.17) is 0 Å². The van der Waals surface area contributed by atoms with Crippen molar-refractivity contribution in [2.75, 3.05) is 0 Å². The Labute approximate surface area is 99.8 Å². The van der Waals surface area contributed by atoms with Gasteiger partial charge in [0, 0.05) is 36.7 Å². The Morgan fingerprint density at radius 3 is 2.88 bits per heavy atom. The first-order valence-corrected chi connectivity index (χ1v) is 5.77. The zero-order chi connectivity index (χ0) is 12.7. The number of imidazole rings is 1. The van der Waals surface area contributed by atoms with Crippen molar-refractivity contribution in [1.82, 2.24) is 9.55 Å². The van der Waals surface area contributed by atoms with Gasteiger partial charge in [-0.2, -0.15) is 0 Å². The first-order chi connectivity index (χ1) is 8.15. The summed E-state index contributed by atoms with van der Waals surface area (Å²) in [4.78, 5) is 25.9. The van der Waals surface area contributed by atoms with Crippen LogP contribution in [0.4, 0.5) is 0 Å². The number of aromatic nitrogens is 2. The number of hydrogen-bond acceptors (Lipinski definition) is 4. The molecule has 0 amide bonds. The second-order valence-electron chi connectivity index (χ2n) is 3.96. The van der Waals surface area contributed by atoms with Crippen molar-refractivity contribution in [2.45, 2.75) is 45.2 Å². The fraction of sp³-hybridized carbons (Fsp3) is 0.636. The Bertz CT molecular complexity index is 362. The number of aryl methyl sites for hydroxylation is 1. The molecule has 1 aromatic heterocycles. The largest absolute Gasteiger partial charge is 0.337 e. The number of nitrogens with zero attached hydrogens (tertiary/aromatic N) is 3. The maximum Gasteiger partial charge on any atom is 0.270 e. The van der Waals surface area contributed by atoms with Gasteiger partial charge in [0.2, 0.25) is 5.78 Å². The minimum absolute atomic E-state index is 0.186. The van der Waals surface area contributed by atoms with E-state index in [1.54, 1.807) is 23.3 Å². The van der Waals surface area contributed by atoms with Crippen LogP contribution in [-0.2, 0) is 11.3 Å². The van der Waals surface area contributed by atoms with Crippen molar-refractivity contribution >= 4 is 5.78 Å². The van der Waals surface area contributed by atoms with E-state index < -0.39 is 11.0 Å². The summed E-state index contributed by atoms with van der Waals surface area (Å²) in [5, 5.41) is 10.8. The molecular formula is C11H17N3O3. The first kappa shape index (κ1) is 13.3. The molecule has 0 fully saturated rings. The molecule has 6 heteroatoms. The second kappa shape index (κ2) is 6.78. The number of ketones is 1.